The lowest BCUT2D eigenvalue weighted by atomic mass is 10.1. The van der Waals surface area contributed by atoms with Gasteiger partial charge in [-0.1, -0.05) is 59.5 Å². The van der Waals surface area contributed by atoms with E-state index < -0.39 is 0 Å². The van der Waals surface area contributed by atoms with Gasteiger partial charge in [-0.05, 0) is 31.9 Å². The van der Waals surface area contributed by atoms with Crippen molar-refractivity contribution in [1.82, 2.24) is 15.1 Å². The molecule has 1 fully saturated rings. The molecule has 8 heteroatoms. The van der Waals surface area contributed by atoms with Gasteiger partial charge in [0.2, 0.25) is 0 Å². The number of furan rings is 1. The summed E-state index contributed by atoms with van der Waals surface area (Å²) in [4.78, 5) is 15.4. The van der Waals surface area contributed by atoms with Crippen molar-refractivity contribution in [3.63, 3.8) is 0 Å². The fraction of sp³-hybridized carbons (Fsp3) is 0.261. The SMILES string of the molecule is Cc1nnc(SCc2c(C(=O)N(Cc3ccccc3F)C3CC3)oc3ccccc23)s1. The second kappa shape index (κ2) is 8.43. The maximum atomic E-state index is 14.3. The molecule has 158 valence electrons. The second-order valence-corrected chi connectivity index (χ2v) is 9.94. The smallest absolute Gasteiger partial charge is 0.290 e. The van der Waals surface area contributed by atoms with E-state index in [1.54, 1.807) is 34.9 Å². The number of hydrogen-bond acceptors (Lipinski definition) is 6. The Kier molecular flexibility index (Phi) is 5.50. The zero-order chi connectivity index (χ0) is 21.4. The molecular formula is C23H20FN3O2S2. The summed E-state index contributed by atoms with van der Waals surface area (Å²) < 4.78 is 21.2. The summed E-state index contributed by atoms with van der Waals surface area (Å²) >= 11 is 3.07. The van der Waals surface area contributed by atoms with Gasteiger partial charge in [-0.2, -0.15) is 0 Å². The van der Waals surface area contributed by atoms with E-state index in [2.05, 4.69) is 10.2 Å². The highest BCUT2D eigenvalue weighted by molar-refractivity contribution is 8.00. The zero-order valence-electron chi connectivity index (χ0n) is 16.9. The highest BCUT2D eigenvalue weighted by Crippen LogP contribution is 2.36. The van der Waals surface area contributed by atoms with Crippen LogP contribution in [0.5, 0.6) is 0 Å². The first kappa shape index (κ1) is 20.2. The molecule has 5 rings (SSSR count). The molecule has 4 aromatic rings. The van der Waals surface area contributed by atoms with Gasteiger partial charge in [-0.25, -0.2) is 4.39 Å². The molecule has 1 aliphatic rings. The van der Waals surface area contributed by atoms with Crippen LogP contribution < -0.4 is 0 Å². The van der Waals surface area contributed by atoms with Crippen LogP contribution in [0.25, 0.3) is 11.0 Å². The summed E-state index contributed by atoms with van der Waals surface area (Å²) in [5.74, 6) is 0.391. The van der Waals surface area contributed by atoms with Gasteiger partial charge in [0.05, 0.1) is 0 Å². The first-order chi connectivity index (χ1) is 15.1. The summed E-state index contributed by atoms with van der Waals surface area (Å²) in [6.45, 7) is 2.15. The first-order valence-corrected chi connectivity index (χ1v) is 11.9. The number of para-hydroxylation sites is 1. The number of aryl methyl sites for hydroxylation is 1. The number of benzene rings is 2. The molecule has 0 unspecified atom stereocenters. The number of carbonyl (C=O) groups is 1. The zero-order valence-corrected chi connectivity index (χ0v) is 18.5. The number of aromatic nitrogens is 2. The largest absolute Gasteiger partial charge is 0.451 e. The summed E-state index contributed by atoms with van der Waals surface area (Å²) in [5.41, 5.74) is 2.04. The van der Waals surface area contributed by atoms with Crippen molar-refractivity contribution in [2.24, 2.45) is 0 Å². The number of thioether (sulfide) groups is 1. The van der Waals surface area contributed by atoms with Gasteiger partial charge in [0.1, 0.15) is 16.4 Å². The standard InChI is InChI=1S/C23H20FN3O2S2/c1-14-25-26-23(31-14)30-13-18-17-7-3-5-9-20(17)29-21(18)22(28)27(16-10-11-16)12-15-6-2-4-8-19(15)24/h2-9,16H,10-13H2,1H3. The first-order valence-electron chi connectivity index (χ1n) is 10.1. The molecule has 2 aromatic heterocycles. The Hall–Kier alpha value is -2.71. The van der Waals surface area contributed by atoms with Crippen molar-refractivity contribution >= 4 is 40.0 Å². The number of amides is 1. The van der Waals surface area contributed by atoms with Crippen LogP contribution in [-0.2, 0) is 12.3 Å². The van der Waals surface area contributed by atoms with Gasteiger partial charge in [-0.3, -0.25) is 4.79 Å². The van der Waals surface area contributed by atoms with Crippen molar-refractivity contribution in [2.75, 3.05) is 0 Å². The number of halogens is 1. The Morgan fingerprint density at radius 1 is 1.19 bits per heavy atom. The minimum atomic E-state index is -0.298. The molecule has 1 aliphatic carbocycles. The average Bonchev–Trinajstić information content (AvgIpc) is 3.42. The second-order valence-electron chi connectivity index (χ2n) is 7.54. The maximum absolute atomic E-state index is 14.3. The molecule has 2 heterocycles. The van der Waals surface area contributed by atoms with E-state index in [1.165, 1.54) is 17.4 Å². The van der Waals surface area contributed by atoms with Gasteiger partial charge in [-0.15, -0.1) is 10.2 Å². The van der Waals surface area contributed by atoms with E-state index in [9.17, 15) is 9.18 Å². The molecule has 0 atom stereocenters. The topological polar surface area (TPSA) is 59.2 Å². The molecule has 0 aliphatic heterocycles. The van der Waals surface area contributed by atoms with Crippen LogP contribution >= 0.6 is 23.1 Å². The van der Waals surface area contributed by atoms with Crippen LogP contribution in [0.15, 0.2) is 57.3 Å². The van der Waals surface area contributed by atoms with E-state index in [0.717, 1.165) is 33.1 Å². The molecule has 1 saturated carbocycles. The summed E-state index contributed by atoms with van der Waals surface area (Å²) in [5, 5.41) is 10.1. The number of carbonyl (C=O) groups excluding carboxylic acids is 1. The van der Waals surface area contributed by atoms with E-state index in [0.29, 0.717) is 22.7 Å². The molecule has 0 saturated heterocycles. The Labute approximate surface area is 187 Å². The highest BCUT2D eigenvalue weighted by atomic mass is 32.2. The van der Waals surface area contributed by atoms with Crippen molar-refractivity contribution in [3.05, 3.63) is 76.2 Å². The third kappa shape index (κ3) is 4.22. The normalized spacial score (nSPS) is 13.6. The number of nitrogens with zero attached hydrogens (tertiary/aromatic N) is 3. The van der Waals surface area contributed by atoms with Gasteiger partial charge in [0.15, 0.2) is 10.1 Å². The number of rotatable bonds is 7. The minimum absolute atomic E-state index is 0.117. The molecule has 0 spiro atoms. The van der Waals surface area contributed by atoms with E-state index in [4.69, 9.17) is 4.42 Å². The van der Waals surface area contributed by atoms with E-state index in [-0.39, 0.29) is 24.3 Å². The Bertz CT molecular complexity index is 1250. The van der Waals surface area contributed by atoms with Crippen LogP contribution in [0, 0.1) is 12.7 Å². The predicted molar refractivity (Wildman–Crippen MR) is 120 cm³/mol. The fourth-order valence-corrected chi connectivity index (χ4v) is 5.42. The molecule has 31 heavy (non-hydrogen) atoms. The van der Waals surface area contributed by atoms with Crippen LogP contribution in [0.4, 0.5) is 4.39 Å². The quantitative estimate of drug-likeness (QED) is 0.330. The van der Waals surface area contributed by atoms with Crippen LogP contribution in [0.1, 0.15) is 39.5 Å². The van der Waals surface area contributed by atoms with Crippen LogP contribution in [0.3, 0.4) is 0 Å². The van der Waals surface area contributed by atoms with Crippen molar-refractivity contribution in [3.8, 4) is 0 Å². The monoisotopic (exact) mass is 453 g/mol. The summed E-state index contributed by atoms with van der Waals surface area (Å²) in [6, 6.07) is 14.4. The Morgan fingerprint density at radius 3 is 2.71 bits per heavy atom. The minimum Gasteiger partial charge on any atom is -0.451 e. The van der Waals surface area contributed by atoms with Gasteiger partial charge >= 0.3 is 0 Å². The van der Waals surface area contributed by atoms with Crippen molar-refractivity contribution < 1.29 is 13.6 Å². The molecule has 1 amide bonds. The maximum Gasteiger partial charge on any atom is 0.290 e. The van der Waals surface area contributed by atoms with E-state index in [1.807, 2.05) is 31.2 Å². The molecule has 0 radical (unpaired) electrons. The lowest BCUT2D eigenvalue weighted by Gasteiger charge is -2.22. The number of fused-ring (bicyclic) bond motifs is 1. The van der Waals surface area contributed by atoms with E-state index >= 15 is 0 Å². The van der Waals surface area contributed by atoms with Gasteiger partial charge in [0, 0.05) is 34.9 Å². The molecule has 5 nitrogen and oxygen atoms in total. The van der Waals surface area contributed by atoms with Crippen LogP contribution in [-0.4, -0.2) is 27.0 Å². The Balaban J connectivity index is 1.48. The van der Waals surface area contributed by atoms with Gasteiger partial charge < -0.3 is 9.32 Å². The van der Waals surface area contributed by atoms with Crippen molar-refractivity contribution in [2.45, 2.75) is 42.4 Å². The molecule has 0 bridgehead atoms. The van der Waals surface area contributed by atoms with Crippen molar-refractivity contribution in [1.29, 1.82) is 0 Å². The average molecular weight is 454 g/mol. The third-order valence-electron chi connectivity index (χ3n) is 5.29. The summed E-state index contributed by atoms with van der Waals surface area (Å²) in [7, 11) is 0. The highest BCUT2D eigenvalue weighted by Gasteiger charge is 2.36. The number of hydrogen-bond donors (Lipinski definition) is 0. The molecular weight excluding hydrogens is 433 g/mol. The molecule has 0 N–H and O–H groups in total. The lowest BCUT2D eigenvalue weighted by Crippen LogP contribution is -2.33. The Morgan fingerprint density at radius 2 is 1.97 bits per heavy atom. The summed E-state index contributed by atoms with van der Waals surface area (Å²) in [6.07, 6.45) is 1.85. The van der Waals surface area contributed by atoms with Crippen LogP contribution in [0.2, 0.25) is 0 Å². The third-order valence-corrected chi connectivity index (χ3v) is 7.29. The predicted octanol–water partition coefficient (Wildman–Crippen LogP) is 5.83. The lowest BCUT2D eigenvalue weighted by molar-refractivity contribution is 0.0697. The molecule has 2 aromatic carbocycles. The fourth-order valence-electron chi connectivity index (χ4n) is 3.58. The van der Waals surface area contributed by atoms with Gasteiger partial charge in [0.25, 0.3) is 5.91 Å².